The van der Waals surface area contributed by atoms with Gasteiger partial charge in [0, 0.05) is 12.2 Å². The van der Waals surface area contributed by atoms with Crippen molar-refractivity contribution in [3.05, 3.63) is 35.4 Å². The maximum Gasteiger partial charge on any atom is 0.0615 e. The number of hydrogen-bond donors (Lipinski definition) is 2. The molecule has 0 radical (unpaired) electrons. The molecule has 2 heteroatoms. The summed E-state index contributed by atoms with van der Waals surface area (Å²) in [6.45, 7) is 9.71. The highest BCUT2D eigenvalue weighted by Gasteiger charge is 2.10. The van der Waals surface area contributed by atoms with Crippen LogP contribution in [0.15, 0.2) is 24.3 Å². The van der Waals surface area contributed by atoms with Crippen LogP contribution in [-0.2, 0) is 0 Å². The molecular weight excluding hydrogens is 210 g/mol. The molecule has 2 nitrogen and oxygen atoms in total. The number of anilines is 1. The topological polar surface area (TPSA) is 32.3 Å². The Bertz CT molecular complexity index is 388. The summed E-state index contributed by atoms with van der Waals surface area (Å²) < 4.78 is 0. The predicted molar refractivity (Wildman–Crippen MR) is 75.2 cm³/mol. The fourth-order valence-corrected chi connectivity index (χ4v) is 1.51. The van der Waals surface area contributed by atoms with Crippen LogP contribution in [0.2, 0.25) is 0 Å². The molecule has 1 aromatic carbocycles. The summed E-state index contributed by atoms with van der Waals surface area (Å²) in [6.07, 6.45) is 3.71. The van der Waals surface area contributed by atoms with Crippen molar-refractivity contribution >= 4 is 11.8 Å². The summed E-state index contributed by atoms with van der Waals surface area (Å²) >= 11 is 0. The molecule has 0 aromatic heterocycles. The molecule has 0 aliphatic rings. The van der Waals surface area contributed by atoms with Crippen molar-refractivity contribution < 1.29 is 5.11 Å². The third-order valence-electron chi connectivity index (χ3n) is 2.42. The van der Waals surface area contributed by atoms with Gasteiger partial charge < -0.3 is 10.4 Å². The number of aliphatic hydroxyl groups excluding tert-OH is 1. The highest BCUT2D eigenvalue weighted by molar-refractivity contribution is 5.67. The van der Waals surface area contributed by atoms with Gasteiger partial charge in [0.1, 0.15) is 0 Å². The zero-order valence-electron chi connectivity index (χ0n) is 11.2. The average Bonchev–Trinajstić information content (AvgIpc) is 2.24. The maximum absolute atomic E-state index is 8.82. The molecule has 1 rings (SSSR count). The first-order chi connectivity index (χ1) is 7.92. The molecule has 0 spiro atoms. The minimum absolute atomic E-state index is 0.0760. The first-order valence-corrected chi connectivity index (χ1v) is 6.04. The highest BCUT2D eigenvalue weighted by Crippen LogP contribution is 2.21. The lowest BCUT2D eigenvalue weighted by molar-refractivity contribution is 0.343. The number of hydrogen-bond acceptors (Lipinski definition) is 2. The van der Waals surface area contributed by atoms with Gasteiger partial charge >= 0.3 is 0 Å². The summed E-state index contributed by atoms with van der Waals surface area (Å²) in [4.78, 5) is 0. The molecular formula is C15H23NO. The van der Waals surface area contributed by atoms with E-state index >= 15 is 0 Å². The van der Waals surface area contributed by atoms with Gasteiger partial charge in [-0.1, -0.05) is 45.1 Å². The van der Waals surface area contributed by atoms with Gasteiger partial charge in [0.2, 0.25) is 0 Å². The largest absolute Gasteiger partial charge is 0.392 e. The van der Waals surface area contributed by atoms with E-state index in [0.29, 0.717) is 0 Å². The van der Waals surface area contributed by atoms with Crippen molar-refractivity contribution in [1.82, 2.24) is 0 Å². The van der Waals surface area contributed by atoms with E-state index in [1.54, 1.807) is 6.08 Å². The monoisotopic (exact) mass is 233 g/mol. The van der Waals surface area contributed by atoms with Crippen molar-refractivity contribution in [3.63, 3.8) is 0 Å². The van der Waals surface area contributed by atoms with E-state index in [9.17, 15) is 0 Å². The van der Waals surface area contributed by atoms with Gasteiger partial charge in [-0.2, -0.15) is 0 Å². The first kappa shape index (κ1) is 13.8. The van der Waals surface area contributed by atoms with E-state index < -0.39 is 0 Å². The molecule has 0 aliphatic heterocycles. The SMILES string of the molecule is Cc1ccc(/C=C/CO)c(NCC(C)(C)C)c1. The third kappa shape index (κ3) is 5.05. The molecule has 0 heterocycles. The van der Waals surface area contributed by atoms with E-state index in [-0.39, 0.29) is 12.0 Å². The van der Waals surface area contributed by atoms with E-state index in [2.05, 4.69) is 51.2 Å². The smallest absolute Gasteiger partial charge is 0.0615 e. The van der Waals surface area contributed by atoms with Crippen molar-refractivity contribution in [2.75, 3.05) is 18.5 Å². The van der Waals surface area contributed by atoms with Gasteiger partial charge in [0.15, 0.2) is 0 Å². The van der Waals surface area contributed by atoms with Crippen LogP contribution >= 0.6 is 0 Å². The van der Waals surface area contributed by atoms with E-state index in [1.165, 1.54) is 5.56 Å². The van der Waals surface area contributed by atoms with Crippen LogP contribution in [0.1, 0.15) is 31.9 Å². The lowest BCUT2D eigenvalue weighted by atomic mass is 9.96. The molecule has 0 atom stereocenters. The normalized spacial score (nSPS) is 12.1. The van der Waals surface area contributed by atoms with Crippen LogP contribution in [0.25, 0.3) is 6.08 Å². The quantitative estimate of drug-likeness (QED) is 0.834. The van der Waals surface area contributed by atoms with Gasteiger partial charge in [-0.3, -0.25) is 0 Å². The highest BCUT2D eigenvalue weighted by atomic mass is 16.2. The van der Waals surface area contributed by atoms with Crippen LogP contribution in [0.3, 0.4) is 0 Å². The lowest BCUT2D eigenvalue weighted by Crippen LogP contribution is -2.19. The number of aryl methyl sites for hydroxylation is 1. The molecule has 0 aliphatic carbocycles. The summed E-state index contributed by atoms with van der Waals surface area (Å²) in [5, 5.41) is 12.3. The molecule has 0 saturated carbocycles. The molecule has 0 unspecified atom stereocenters. The predicted octanol–water partition coefficient (Wildman–Crippen LogP) is 3.46. The summed E-state index contributed by atoms with van der Waals surface area (Å²) in [5.41, 5.74) is 3.74. The first-order valence-electron chi connectivity index (χ1n) is 6.04. The minimum atomic E-state index is 0.0760. The van der Waals surface area contributed by atoms with Gasteiger partial charge in [-0.15, -0.1) is 0 Å². The second-order valence-electron chi connectivity index (χ2n) is 5.59. The van der Waals surface area contributed by atoms with E-state index in [1.807, 2.05) is 6.08 Å². The van der Waals surface area contributed by atoms with Crippen LogP contribution in [0.5, 0.6) is 0 Å². The molecule has 0 saturated heterocycles. The van der Waals surface area contributed by atoms with Crippen molar-refractivity contribution in [3.8, 4) is 0 Å². The van der Waals surface area contributed by atoms with Gasteiger partial charge in [-0.25, -0.2) is 0 Å². The molecule has 2 N–H and O–H groups in total. The van der Waals surface area contributed by atoms with E-state index in [4.69, 9.17) is 5.11 Å². The fraction of sp³-hybridized carbons (Fsp3) is 0.467. The Hall–Kier alpha value is -1.28. The molecule has 17 heavy (non-hydrogen) atoms. The Morgan fingerprint density at radius 2 is 2.00 bits per heavy atom. The van der Waals surface area contributed by atoms with Crippen LogP contribution < -0.4 is 5.32 Å². The summed E-state index contributed by atoms with van der Waals surface area (Å²) in [6, 6.07) is 6.30. The second kappa shape index (κ2) is 5.87. The molecule has 94 valence electrons. The zero-order valence-corrected chi connectivity index (χ0v) is 11.2. The number of benzene rings is 1. The van der Waals surface area contributed by atoms with Crippen LogP contribution in [0, 0.1) is 12.3 Å². The fourth-order valence-electron chi connectivity index (χ4n) is 1.51. The Morgan fingerprint density at radius 3 is 2.59 bits per heavy atom. The number of nitrogens with one attached hydrogen (secondary N) is 1. The van der Waals surface area contributed by atoms with Gasteiger partial charge in [-0.05, 0) is 29.5 Å². The lowest BCUT2D eigenvalue weighted by Gasteiger charge is -2.21. The average molecular weight is 233 g/mol. The third-order valence-corrected chi connectivity index (χ3v) is 2.42. The zero-order chi connectivity index (χ0) is 12.9. The summed E-state index contributed by atoms with van der Waals surface area (Å²) in [7, 11) is 0. The summed E-state index contributed by atoms with van der Waals surface area (Å²) in [5.74, 6) is 0. The van der Waals surface area contributed by atoms with Gasteiger partial charge in [0.05, 0.1) is 6.61 Å². The molecule has 0 bridgehead atoms. The Labute approximate surface area is 104 Å². The van der Waals surface area contributed by atoms with Gasteiger partial charge in [0.25, 0.3) is 0 Å². The van der Waals surface area contributed by atoms with Crippen molar-refractivity contribution in [2.45, 2.75) is 27.7 Å². The standard InChI is InChI=1S/C15H23NO/c1-12-7-8-13(6-5-9-17)14(10-12)16-11-15(2,3)4/h5-8,10,16-17H,9,11H2,1-4H3/b6-5+. The Balaban J connectivity index is 2.87. The molecule has 1 aromatic rings. The Morgan fingerprint density at radius 1 is 1.29 bits per heavy atom. The van der Waals surface area contributed by atoms with E-state index in [0.717, 1.165) is 17.8 Å². The minimum Gasteiger partial charge on any atom is -0.392 e. The van der Waals surface area contributed by atoms with Crippen LogP contribution in [-0.4, -0.2) is 18.3 Å². The molecule has 0 amide bonds. The van der Waals surface area contributed by atoms with Crippen molar-refractivity contribution in [2.24, 2.45) is 5.41 Å². The van der Waals surface area contributed by atoms with Crippen molar-refractivity contribution in [1.29, 1.82) is 0 Å². The second-order valence-corrected chi connectivity index (χ2v) is 5.59. The molecule has 0 fully saturated rings. The number of aliphatic hydroxyl groups is 1. The maximum atomic E-state index is 8.82. The number of rotatable bonds is 4. The Kier molecular flexibility index (Phi) is 4.76. The van der Waals surface area contributed by atoms with Crippen LogP contribution in [0.4, 0.5) is 5.69 Å².